The van der Waals surface area contributed by atoms with E-state index in [0.717, 1.165) is 56.3 Å². The van der Waals surface area contributed by atoms with Crippen molar-refractivity contribution >= 4 is 41.2 Å². The number of benzene rings is 1. The Morgan fingerprint density at radius 1 is 0.946 bits per heavy atom. The minimum absolute atomic E-state index is 0.0453. The number of nitrogens with zero attached hydrogens (tertiary/aromatic N) is 1. The van der Waals surface area contributed by atoms with E-state index >= 15 is 0 Å². The number of amides is 5. The molecule has 0 aromatic heterocycles. The first-order chi connectivity index (χ1) is 17.8. The van der Waals surface area contributed by atoms with E-state index in [1.165, 1.54) is 6.07 Å². The van der Waals surface area contributed by atoms with Crippen molar-refractivity contribution in [3.8, 4) is 0 Å². The quantitative estimate of drug-likeness (QED) is 0.205. The molecule has 0 spiro atoms. The molecule has 0 radical (unpaired) electrons. The lowest BCUT2D eigenvalue weighted by Gasteiger charge is -2.27. The number of carbonyl (C=O) groups is 6. The molecule has 1 aromatic rings. The summed E-state index contributed by atoms with van der Waals surface area (Å²) < 4.78 is 0. The fraction of sp³-hybridized carbons (Fsp3) is 0.538. The van der Waals surface area contributed by atoms with Crippen molar-refractivity contribution in [1.82, 2.24) is 15.5 Å². The van der Waals surface area contributed by atoms with E-state index in [1.807, 2.05) is 0 Å². The molecule has 2 aliphatic heterocycles. The second-order valence-electron chi connectivity index (χ2n) is 9.35. The molecule has 1 unspecified atom stereocenters. The van der Waals surface area contributed by atoms with Crippen LogP contribution in [0.25, 0.3) is 0 Å². The van der Waals surface area contributed by atoms with Crippen LogP contribution in [-0.4, -0.2) is 64.6 Å². The van der Waals surface area contributed by atoms with Crippen molar-refractivity contribution in [3.05, 3.63) is 29.3 Å². The van der Waals surface area contributed by atoms with Gasteiger partial charge >= 0.3 is 5.97 Å². The largest absolute Gasteiger partial charge is 0.481 e. The van der Waals surface area contributed by atoms with E-state index in [4.69, 9.17) is 5.11 Å². The highest BCUT2D eigenvalue weighted by Gasteiger charge is 2.45. The van der Waals surface area contributed by atoms with Crippen LogP contribution in [0.2, 0.25) is 0 Å². The van der Waals surface area contributed by atoms with Gasteiger partial charge in [-0.25, -0.2) is 0 Å². The fourth-order valence-electron chi connectivity index (χ4n) is 4.59. The minimum Gasteiger partial charge on any atom is -0.481 e. The van der Waals surface area contributed by atoms with E-state index in [1.54, 1.807) is 12.1 Å². The van der Waals surface area contributed by atoms with Crippen LogP contribution in [0.1, 0.15) is 91.3 Å². The van der Waals surface area contributed by atoms with Crippen LogP contribution in [0.15, 0.2) is 18.2 Å². The summed E-state index contributed by atoms with van der Waals surface area (Å²) in [5.41, 5.74) is 0.610. The Balaban J connectivity index is 1.38. The number of imide groups is 2. The number of carboxylic acids is 1. The number of hydrogen-bond donors (Lipinski definition) is 4. The summed E-state index contributed by atoms with van der Waals surface area (Å²) >= 11 is 0. The first-order valence-corrected chi connectivity index (χ1v) is 12.9. The lowest BCUT2D eigenvalue weighted by Crippen LogP contribution is -2.54. The molecule has 1 atom stereocenters. The maximum absolute atomic E-state index is 13.1. The molecular formula is C26H34N4O7. The van der Waals surface area contributed by atoms with Crippen molar-refractivity contribution < 1.29 is 33.9 Å². The van der Waals surface area contributed by atoms with Crippen molar-refractivity contribution in [2.24, 2.45) is 0 Å². The summed E-state index contributed by atoms with van der Waals surface area (Å²) in [6, 6.07) is 3.67. The predicted octanol–water partition coefficient (Wildman–Crippen LogP) is 2.21. The van der Waals surface area contributed by atoms with E-state index in [2.05, 4.69) is 16.0 Å². The number of aliphatic carboxylic acids is 1. The molecule has 0 bridgehead atoms. The summed E-state index contributed by atoms with van der Waals surface area (Å²) in [7, 11) is 0. The molecule has 0 saturated carbocycles. The van der Waals surface area contributed by atoms with Gasteiger partial charge in [-0.05, 0) is 31.4 Å². The Kier molecular flexibility index (Phi) is 10.2. The fourth-order valence-corrected chi connectivity index (χ4v) is 4.59. The highest BCUT2D eigenvalue weighted by atomic mass is 16.4. The number of nitrogens with one attached hydrogen (secondary N) is 3. The van der Waals surface area contributed by atoms with Gasteiger partial charge in [-0.15, -0.1) is 0 Å². The number of hydrogen-bond acceptors (Lipinski definition) is 7. The average molecular weight is 515 g/mol. The second kappa shape index (κ2) is 13.5. The maximum atomic E-state index is 13.1. The van der Waals surface area contributed by atoms with E-state index in [-0.39, 0.29) is 42.8 Å². The van der Waals surface area contributed by atoms with E-state index < -0.39 is 35.6 Å². The van der Waals surface area contributed by atoms with Gasteiger partial charge in [0.25, 0.3) is 11.8 Å². The lowest BCUT2D eigenvalue weighted by atomic mass is 10.0. The van der Waals surface area contributed by atoms with Crippen LogP contribution < -0.4 is 16.0 Å². The summed E-state index contributed by atoms with van der Waals surface area (Å²) in [4.78, 5) is 73.2. The third-order valence-corrected chi connectivity index (χ3v) is 6.55. The molecule has 1 saturated heterocycles. The molecule has 11 heteroatoms. The van der Waals surface area contributed by atoms with Crippen molar-refractivity contribution in [2.45, 2.75) is 76.7 Å². The zero-order valence-electron chi connectivity index (χ0n) is 20.8. The summed E-state index contributed by atoms with van der Waals surface area (Å²) in [5.74, 6) is -3.31. The van der Waals surface area contributed by atoms with Crippen molar-refractivity contribution in [1.29, 1.82) is 0 Å². The molecule has 1 aromatic carbocycles. The molecule has 1 fully saturated rings. The van der Waals surface area contributed by atoms with Gasteiger partial charge in [0.15, 0.2) is 0 Å². The van der Waals surface area contributed by atoms with Gasteiger partial charge in [0.05, 0.1) is 17.7 Å². The molecule has 4 N–H and O–H groups in total. The normalized spacial score (nSPS) is 17.0. The summed E-state index contributed by atoms with van der Waals surface area (Å²) in [6.45, 7) is 0.458. The molecule has 37 heavy (non-hydrogen) atoms. The summed E-state index contributed by atoms with van der Waals surface area (Å²) in [5, 5.41) is 16.5. The molecular weight excluding hydrogens is 480 g/mol. The third-order valence-electron chi connectivity index (χ3n) is 6.55. The molecule has 11 nitrogen and oxygen atoms in total. The zero-order valence-corrected chi connectivity index (χ0v) is 20.8. The SMILES string of the molecule is O=C(O)CCCCCCCCCCNC(=O)CNc1cccc2c1C(=O)N(C1CCC(=O)NC1=O)C2=O. The number of piperidine rings is 1. The smallest absolute Gasteiger partial charge is 0.303 e. The number of rotatable bonds is 15. The monoisotopic (exact) mass is 514 g/mol. The maximum Gasteiger partial charge on any atom is 0.303 e. The Hall–Kier alpha value is -3.76. The Bertz CT molecular complexity index is 1060. The Morgan fingerprint density at radius 3 is 2.30 bits per heavy atom. The summed E-state index contributed by atoms with van der Waals surface area (Å²) in [6.07, 6.45) is 8.12. The van der Waals surface area contributed by atoms with Gasteiger partial charge in [-0.3, -0.25) is 39.0 Å². The van der Waals surface area contributed by atoms with Gasteiger partial charge in [-0.2, -0.15) is 0 Å². The van der Waals surface area contributed by atoms with Crippen LogP contribution >= 0.6 is 0 Å². The van der Waals surface area contributed by atoms with Crippen molar-refractivity contribution in [3.63, 3.8) is 0 Å². The zero-order chi connectivity index (χ0) is 26.8. The van der Waals surface area contributed by atoms with Crippen LogP contribution in [0.4, 0.5) is 5.69 Å². The number of fused-ring (bicyclic) bond motifs is 1. The Labute approximate surface area is 215 Å². The third kappa shape index (κ3) is 7.61. The van der Waals surface area contributed by atoms with Gasteiger partial charge in [0.1, 0.15) is 6.04 Å². The van der Waals surface area contributed by atoms with Crippen LogP contribution in [0.5, 0.6) is 0 Å². The van der Waals surface area contributed by atoms with Crippen LogP contribution in [0, 0.1) is 0 Å². The molecule has 2 aliphatic rings. The van der Waals surface area contributed by atoms with Crippen molar-refractivity contribution in [2.75, 3.05) is 18.4 Å². The molecule has 5 amide bonds. The van der Waals surface area contributed by atoms with Crippen LogP contribution in [-0.2, 0) is 19.2 Å². The highest BCUT2D eigenvalue weighted by molar-refractivity contribution is 6.25. The predicted molar refractivity (Wildman–Crippen MR) is 134 cm³/mol. The standard InChI is InChI=1S/C26H34N4O7/c31-20-14-13-19(24(35)29-20)30-25(36)17-10-9-11-18(23(17)26(30)37)28-16-21(32)27-15-8-6-4-2-1-3-5-7-12-22(33)34/h9-11,19,28H,1-8,12-16H2,(H,27,32)(H,33,34)(H,29,31,35). The number of carbonyl (C=O) groups excluding carboxylic acids is 5. The van der Waals surface area contributed by atoms with Gasteiger partial charge in [0, 0.05) is 25.1 Å². The topological polar surface area (TPSA) is 162 Å². The van der Waals surface area contributed by atoms with E-state index in [0.29, 0.717) is 12.2 Å². The molecule has 0 aliphatic carbocycles. The number of anilines is 1. The first-order valence-electron chi connectivity index (χ1n) is 12.9. The number of unbranched alkanes of at least 4 members (excludes halogenated alkanes) is 7. The molecule has 200 valence electrons. The van der Waals surface area contributed by atoms with Crippen LogP contribution in [0.3, 0.4) is 0 Å². The Morgan fingerprint density at radius 2 is 1.62 bits per heavy atom. The lowest BCUT2D eigenvalue weighted by molar-refractivity contribution is -0.138. The minimum atomic E-state index is -1.04. The van der Waals surface area contributed by atoms with Gasteiger partial charge in [-0.1, -0.05) is 44.6 Å². The molecule has 3 rings (SSSR count). The first kappa shape index (κ1) is 27.8. The van der Waals surface area contributed by atoms with E-state index in [9.17, 15) is 28.8 Å². The van der Waals surface area contributed by atoms with Gasteiger partial charge < -0.3 is 15.7 Å². The van der Waals surface area contributed by atoms with Gasteiger partial charge in [0.2, 0.25) is 17.7 Å². The average Bonchev–Trinajstić information content (AvgIpc) is 3.11. The second-order valence-corrected chi connectivity index (χ2v) is 9.35. The highest BCUT2D eigenvalue weighted by Crippen LogP contribution is 2.32. The molecule has 2 heterocycles. The number of carboxylic acid groups (broad SMARTS) is 1.